The third kappa shape index (κ3) is 1.66. The molecule has 0 radical (unpaired) electrons. The number of likely N-dealkylation sites (N-methyl/N-ethyl adjacent to an activating group) is 1. The molecule has 1 saturated heterocycles. The quantitative estimate of drug-likeness (QED) is 0.807. The summed E-state index contributed by atoms with van der Waals surface area (Å²) in [6.07, 6.45) is 1.03. The molecule has 2 aliphatic rings. The van der Waals surface area contributed by atoms with Gasteiger partial charge in [-0.1, -0.05) is 0 Å². The predicted molar refractivity (Wildman–Crippen MR) is 70.2 cm³/mol. The molecular weight excluding hydrogens is 231 g/mol. The van der Waals surface area contributed by atoms with E-state index in [1.54, 1.807) is 12.1 Å². The first-order valence-corrected chi connectivity index (χ1v) is 6.15. The van der Waals surface area contributed by atoms with E-state index in [1.165, 1.54) is 12.1 Å². The Morgan fingerprint density at radius 1 is 1.33 bits per heavy atom. The van der Waals surface area contributed by atoms with Gasteiger partial charge in [0.2, 0.25) is 0 Å². The van der Waals surface area contributed by atoms with Gasteiger partial charge in [0.05, 0.1) is 12.1 Å². The molecule has 1 spiro atoms. The minimum atomic E-state index is -0.231. The van der Waals surface area contributed by atoms with Gasteiger partial charge in [0.25, 0.3) is 0 Å². The van der Waals surface area contributed by atoms with Crippen molar-refractivity contribution >= 4 is 11.6 Å². The van der Waals surface area contributed by atoms with E-state index in [0.29, 0.717) is 5.96 Å². The molecule has 3 rings (SSSR count). The maximum absolute atomic E-state index is 13.0. The van der Waals surface area contributed by atoms with Crippen LogP contribution in [-0.2, 0) is 0 Å². The maximum Gasteiger partial charge on any atom is 0.196 e. The number of rotatable bonds is 1. The lowest BCUT2D eigenvalue weighted by atomic mass is 9.97. The smallest absolute Gasteiger partial charge is 0.196 e. The number of anilines is 1. The SMILES string of the molecule is CN1CCC2(CN=C(N)N2c2ccc(F)cc2)C1. The molecular formula is C13H17FN4. The molecule has 1 unspecified atom stereocenters. The van der Waals surface area contributed by atoms with Gasteiger partial charge < -0.3 is 15.5 Å². The van der Waals surface area contributed by atoms with Crippen LogP contribution in [0.3, 0.4) is 0 Å². The van der Waals surface area contributed by atoms with Crippen LogP contribution in [0.1, 0.15) is 6.42 Å². The van der Waals surface area contributed by atoms with Gasteiger partial charge in [0.1, 0.15) is 5.82 Å². The Balaban J connectivity index is 1.97. The van der Waals surface area contributed by atoms with E-state index >= 15 is 0 Å². The summed E-state index contributed by atoms with van der Waals surface area (Å²) in [4.78, 5) is 8.73. The topological polar surface area (TPSA) is 44.9 Å². The number of hydrogen-bond donors (Lipinski definition) is 1. The van der Waals surface area contributed by atoms with Gasteiger partial charge in [-0.05, 0) is 37.7 Å². The molecule has 4 nitrogen and oxygen atoms in total. The molecule has 0 amide bonds. The number of hydrogen-bond acceptors (Lipinski definition) is 4. The second-order valence-corrected chi connectivity index (χ2v) is 5.20. The molecule has 0 saturated carbocycles. The van der Waals surface area contributed by atoms with Crippen molar-refractivity contribution in [3.8, 4) is 0 Å². The first-order valence-electron chi connectivity index (χ1n) is 6.15. The predicted octanol–water partition coefficient (Wildman–Crippen LogP) is 1.03. The van der Waals surface area contributed by atoms with Crippen molar-refractivity contribution in [1.29, 1.82) is 0 Å². The summed E-state index contributed by atoms with van der Waals surface area (Å²) in [5, 5.41) is 0. The summed E-state index contributed by atoms with van der Waals surface area (Å²) in [5.41, 5.74) is 6.89. The number of likely N-dealkylation sites (tertiary alicyclic amines) is 1. The van der Waals surface area contributed by atoms with E-state index in [4.69, 9.17) is 5.73 Å². The molecule has 18 heavy (non-hydrogen) atoms. The Hall–Kier alpha value is -1.62. The van der Waals surface area contributed by atoms with Gasteiger partial charge in [-0.15, -0.1) is 0 Å². The highest BCUT2D eigenvalue weighted by Crippen LogP contribution is 2.35. The van der Waals surface area contributed by atoms with E-state index in [9.17, 15) is 4.39 Å². The molecule has 0 bridgehead atoms. The lowest BCUT2D eigenvalue weighted by molar-refractivity contribution is 0.379. The number of nitrogens with zero attached hydrogens (tertiary/aromatic N) is 3. The molecule has 2 N–H and O–H groups in total. The summed E-state index contributed by atoms with van der Waals surface area (Å²) in [5.74, 6) is 0.308. The van der Waals surface area contributed by atoms with Crippen LogP contribution in [0, 0.1) is 5.82 Å². The minimum Gasteiger partial charge on any atom is -0.369 e. The van der Waals surface area contributed by atoms with E-state index in [-0.39, 0.29) is 11.4 Å². The highest BCUT2D eigenvalue weighted by molar-refractivity contribution is 5.98. The lowest BCUT2D eigenvalue weighted by Gasteiger charge is -2.35. The monoisotopic (exact) mass is 248 g/mol. The Bertz CT molecular complexity index is 484. The molecule has 1 fully saturated rings. The molecule has 2 aliphatic heterocycles. The average Bonchev–Trinajstić information content (AvgIpc) is 2.86. The van der Waals surface area contributed by atoms with Crippen LogP contribution < -0.4 is 10.6 Å². The van der Waals surface area contributed by atoms with Crippen LogP contribution in [0.15, 0.2) is 29.3 Å². The van der Waals surface area contributed by atoms with Crippen molar-refractivity contribution in [3.63, 3.8) is 0 Å². The maximum atomic E-state index is 13.0. The summed E-state index contributed by atoms with van der Waals surface area (Å²) in [6.45, 7) is 2.70. The van der Waals surface area contributed by atoms with Gasteiger partial charge in [-0.2, -0.15) is 0 Å². The summed E-state index contributed by atoms with van der Waals surface area (Å²) < 4.78 is 13.0. The van der Waals surface area contributed by atoms with E-state index < -0.39 is 0 Å². The van der Waals surface area contributed by atoms with Crippen LogP contribution in [0.5, 0.6) is 0 Å². The number of guanidine groups is 1. The number of nitrogens with two attached hydrogens (primary N) is 1. The molecule has 0 aliphatic carbocycles. The second kappa shape index (κ2) is 3.95. The normalized spacial score (nSPS) is 28.1. The van der Waals surface area contributed by atoms with Crippen LogP contribution in [0.25, 0.3) is 0 Å². The second-order valence-electron chi connectivity index (χ2n) is 5.20. The van der Waals surface area contributed by atoms with Gasteiger partial charge >= 0.3 is 0 Å². The molecule has 0 aromatic heterocycles. The van der Waals surface area contributed by atoms with Crippen molar-refractivity contribution in [3.05, 3.63) is 30.1 Å². The fourth-order valence-electron chi connectivity index (χ4n) is 2.98. The summed E-state index contributed by atoms with van der Waals surface area (Å²) in [6, 6.07) is 6.47. The first kappa shape index (κ1) is 11.5. The van der Waals surface area contributed by atoms with Gasteiger partial charge in [0, 0.05) is 18.8 Å². The zero-order valence-electron chi connectivity index (χ0n) is 10.4. The van der Waals surface area contributed by atoms with Crippen molar-refractivity contribution < 1.29 is 4.39 Å². The van der Waals surface area contributed by atoms with E-state index in [1.807, 2.05) is 0 Å². The highest BCUT2D eigenvalue weighted by atomic mass is 19.1. The van der Waals surface area contributed by atoms with Crippen LogP contribution in [0.2, 0.25) is 0 Å². The van der Waals surface area contributed by atoms with E-state index in [2.05, 4.69) is 21.8 Å². The molecule has 1 atom stereocenters. The molecule has 1 aromatic rings. The number of aliphatic imine (C=N–C) groups is 1. The minimum absolute atomic E-state index is 0.0450. The zero-order chi connectivity index (χ0) is 12.8. The molecule has 96 valence electrons. The third-order valence-electron chi connectivity index (χ3n) is 3.85. The van der Waals surface area contributed by atoms with Crippen molar-refractivity contribution in [2.45, 2.75) is 12.0 Å². The Labute approximate surface area is 106 Å². The third-order valence-corrected chi connectivity index (χ3v) is 3.85. The molecule has 5 heteroatoms. The highest BCUT2D eigenvalue weighted by Gasteiger charge is 2.46. The van der Waals surface area contributed by atoms with Gasteiger partial charge in [-0.3, -0.25) is 4.99 Å². The average molecular weight is 248 g/mol. The van der Waals surface area contributed by atoms with Crippen LogP contribution >= 0.6 is 0 Å². The van der Waals surface area contributed by atoms with Crippen molar-refractivity contribution in [2.24, 2.45) is 10.7 Å². The standard InChI is InChI=1S/C13H17FN4/c1-17-7-6-13(9-17)8-16-12(15)18(13)11-4-2-10(14)3-5-11/h2-5H,6-9H2,1H3,(H2,15,16). The largest absolute Gasteiger partial charge is 0.369 e. The Morgan fingerprint density at radius 3 is 2.67 bits per heavy atom. The summed E-state index contributed by atoms with van der Waals surface area (Å²) in [7, 11) is 2.10. The van der Waals surface area contributed by atoms with Gasteiger partial charge in [0.15, 0.2) is 5.96 Å². The summed E-state index contributed by atoms with van der Waals surface area (Å²) >= 11 is 0. The van der Waals surface area contributed by atoms with E-state index in [0.717, 1.165) is 31.7 Å². The fourth-order valence-corrected chi connectivity index (χ4v) is 2.98. The zero-order valence-corrected chi connectivity index (χ0v) is 10.4. The molecule has 2 heterocycles. The van der Waals surface area contributed by atoms with Crippen LogP contribution in [0.4, 0.5) is 10.1 Å². The van der Waals surface area contributed by atoms with Crippen molar-refractivity contribution in [1.82, 2.24) is 4.90 Å². The van der Waals surface area contributed by atoms with Crippen LogP contribution in [-0.4, -0.2) is 43.1 Å². The van der Waals surface area contributed by atoms with Gasteiger partial charge in [-0.25, -0.2) is 4.39 Å². The first-order chi connectivity index (χ1) is 8.61. The number of benzene rings is 1. The molecule has 1 aromatic carbocycles. The Morgan fingerprint density at radius 2 is 2.06 bits per heavy atom. The van der Waals surface area contributed by atoms with Crippen molar-refractivity contribution in [2.75, 3.05) is 31.6 Å². The lowest BCUT2D eigenvalue weighted by Crippen LogP contribution is -2.53. The number of halogens is 1. The fraction of sp³-hybridized carbons (Fsp3) is 0.462. The Kier molecular flexibility index (Phi) is 2.52.